The van der Waals surface area contributed by atoms with Crippen LogP contribution >= 0.6 is 0 Å². The van der Waals surface area contributed by atoms with Gasteiger partial charge in [-0.2, -0.15) is 0 Å². The zero-order valence-electron chi connectivity index (χ0n) is 18.6. The Kier molecular flexibility index (Phi) is 9.89. The molecule has 0 aromatic heterocycles. The molecule has 2 amide bonds. The van der Waals surface area contributed by atoms with Gasteiger partial charge in [-0.25, -0.2) is 10.9 Å². The van der Waals surface area contributed by atoms with Gasteiger partial charge in [-0.15, -0.1) is 0 Å². The van der Waals surface area contributed by atoms with Crippen molar-refractivity contribution in [2.75, 3.05) is 6.54 Å². The smallest absolute Gasteiger partial charge is 0.310 e. The van der Waals surface area contributed by atoms with Gasteiger partial charge >= 0.3 is 5.97 Å². The molecule has 2 atom stereocenters. The number of amides is 2. The average Bonchev–Trinajstić information content (AvgIpc) is 2.67. The lowest BCUT2D eigenvalue weighted by molar-refractivity contribution is -0.166. The third-order valence-corrected chi connectivity index (χ3v) is 4.42. The van der Waals surface area contributed by atoms with Gasteiger partial charge in [-0.05, 0) is 45.1 Å². The first-order chi connectivity index (χ1) is 14.0. The highest BCUT2D eigenvalue weighted by Gasteiger charge is 2.39. The molecule has 1 aromatic carbocycles. The number of allylic oxidation sites excluding steroid dienone is 1. The van der Waals surface area contributed by atoms with Gasteiger partial charge in [0.05, 0.1) is 18.4 Å². The normalized spacial score (nSPS) is 13.9. The van der Waals surface area contributed by atoms with Crippen LogP contribution in [0, 0.1) is 17.8 Å². The summed E-state index contributed by atoms with van der Waals surface area (Å²) in [4.78, 5) is 37.9. The standard InChI is InChI=1S/C23H35N3O4/c1-16(2)14-19(21(28)26(25)20(27)15-24)18(22(29)30-23(3,4)5)13-9-12-17-10-7-6-8-11-17/h6-12,16,18-19H,13-15,24-25H2,1-5H3/b12-9+/t18-,19+/m0/s1. The second kappa shape index (κ2) is 11.6. The summed E-state index contributed by atoms with van der Waals surface area (Å²) in [6.07, 6.45) is 4.39. The Bertz CT molecular complexity index is 739. The van der Waals surface area contributed by atoms with E-state index in [9.17, 15) is 14.4 Å². The first-order valence-corrected chi connectivity index (χ1v) is 10.2. The van der Waals surface area contributed by atoms with Crippen LogP contribution in [0.1, 0.15) is 53.0 Å². The quantitative estimate of drug-likeness (QED) is 0.276. The van der Waals surface area contributed by atoms with Crippen LogP contribution in [-0.4, -0.2) is 34.9 Å². The molecule has 0 fully saturated rings. The monoisotopic (exact) mass is 417 g/mol. The molecule has 0 aliphatic heterocycles. The molecule has 0 saturated carbocycles. The van der Waals surface area contributed by atoms with Crippen molar-refractivity contribution >= 4 is 23.9 Å². The number of rotatable bonds is 9. The topological polar surface area (TPSA) is 116 Å². The molecule has 0 saturated heterocycles. The molecular formula is C23H35N3O4. The maximum Gasteiger partial charge on any atom is 0.310 e. The first kappa shape index (κ1) is 25.5. The van der Waals surface area contributed by atoms with Crippen LogP contribution in [0.5, 0.6) is 0 Å². The van der Waals surface area contributed by atoms with Crippen LogP contribution in [0.4, 0.5) is 0 Å². The Morgan fingerprint density at radius 1 is 1.10 bits per heavy atom. The predicted octanol–water partition coefficient (Wildman–Crippen LogP) is 2.90. The third-order valence-electron chi connectivity index (χ3n) is 4.42. The van der Waals surface area contributed by atoms with Crippen molar-refractivity contribution in [3.05, 3.63) is 42.0 Å². The number of nitrogens with zero attached hydrogens (tertiary/aromatic N) is 1. The number of imide groups is 1. The van der Waals surface area contributed by atoms with Gasteiger partial charge in [0.2, 0.25) is 5.91 Å². The molecule has 0 bridgehead atoms. The maximum atomic E-state index is 13.0. The molecule has 0 spiro atoms. The van der Waals surface area contributed by atoms with E-state index in [1.807, 2.05) is 56.3 Å². The minimum absolute atomic E-state index is 0.100. The van der Waals surface area contributed by atoms with Crippen LogP contribution in [0.15, 0.2) is 36.4 Å². The summed E-state index contributed by atoms with van der Waals surface area (Å²) >= 11 is 0. The fourth-order valence-electron chi connectivity index (χ4n) is 3.06. The van der Waals surface area contributed by atoms with E-state index in [2.05, 4.69) is 0 Å². The molecule has 166 valence electrons. The minimum Gasteiger partial charge on any atom is -0.460 e. The molecule has 0 heterocycles. The van der Waals surface area contributed by atoms with Gasteiger partial charge < -0.3 is 10.5 Å². The maximum absolute atomic E-state index is 13.0. The Morgan fingerprint density at radius 3 is 2.20 bits per heavy atom. The number of carbonyl (C=O) groups excluding carboxylic acids is 3. The van der Waals surface area contributed by atoms with Crippen molar-refractivity contribution < 1.29 is 19.1 Å². The van der Waals surface area contributed by atoms with E-state index in [4.69, 9.17) is 16.3 Å². The van der Waals surface area contributed by atoms with E-state index in [0.717, 1.165) is 5.56 Å². The summed E-state index contributed by atoms with van der Waals surface area (Å²) in [6, 6.07) is 9.64. The predicted molar refractivity (Wildman–Crippen MR) is 117 cm³/mol. The highest BCUT2D eigenvalue weighted by Crippen LogP contribution is 2.29. The summed E-state index contributed by atoms with van der Waals surface area (Å²) in [6.45, 7) is 8.81. The fraction of sp³-hybridized carbons (Fsp3) is 0.522. The fourth-order valence-corrected chi connectivity index (χ4v) is 3.06. The van der Waals surface area contributed by atoms with Crippen LogP contribution in [0.3, 0.4) is 0 Å². The van der Waals surface area contributed by atoms with E-state index < -0.39 is 35.2 Å². The lowest BCUT2D eigenvalue weighted by atomic mass is 9.82. The Balaban J connectivity index is 3.22. The number of esters is 1. The number of ether oxygens (including phenoxy) is 1. The summed E-state index contributed by atoms with van der Waals surface area (Å²) < 4.78 is 5.59. The largest absolute Gasteiger partial charge is 0.460 e. The van der Waals surface area contributed by atoms with Crippen molar-refractivity contribution in [3.8, 4) is 0 Å². The molecular weight excluding hydrogens is 382 g/mol. The van der Waals surface area contributed by atoms with E-state index in [-0.39, 0.29) is 18.9 Å². The molecule has 0 aliphatic rings. The number of nitrogens with two attached hydrogens (primary N) is 2. The highest BCUT2D eigenvalue weighted by atomic mass is 16.6. The number of hydrogen-bond donors (Lipinski definition) is 2. The SMILES string of the molecule is CC(C)C[C@@H](C(=O)N(N)C(=O)CN)[C@H](C/C=C/c1ccccc1)C(=O)OC(C)(C)C. The summed E-state index contributed by atoms with van der Waals surface area (Å²) in [7, 11) is 0. The number of carbonyl (C=O) groups is 3. The zero-order valence-corrected chi connectivity index (χ0v) is 18.6. The van der Waals surface area contributed by atoms with Crippen molar-refractivity contribution in [1.29, 1.82) is 0 Å². The second-order valence-electron chi connectivity index (χ2n) is 8.73. The lowest BCUT2D eigenvalue weighted by Crippen LogP contribution is -2.51. The Hall–Kier alpha value is -2.51. The molecule has 4 N–H and O–H groups in total. The van der Waals surface area contributed by atoms with Crippen molar-refractivity contribution in [3.63, 3.8) is 0 Å². The Labute approximate surface area is 179 Å². The second-order valence-corrected chi connectivity index (χ2v) is 8.73. The molecule has 1 rings (SSSR count). The molecule has 7 nitrogen and oxygen atoms in total. The van der Waals surface area contributed by atoms with Gasteiger partial charge in [-0.3, -0.25) is 14.4 Å². The van der Waals surface area contributed by atoms with Crippen molar-refractivity contribution in [1.82, 2.24) is 5.01 Å². The van der Waals surface area contributed by atoms with Crippen LogP contribution in [0.25, 0.3) is 6.08 Å². The molecule has 7 heteroatoms. The average molecular weight is 418 g/mol. The minimum atomic E-state index is -0.805. The van der Waals surface area contributed by atoms with Gasteiger partial charge in [0.1, 0.15) is 5.60 Å². The van der Waals surface area contributed by atoms with E-state index in [0.29, 0.717) is 11.4 Å². The van der Waals surface area contributed by atoms with Gasteiger partial charge in [-0.1, -0.05) is 56.3 Å². The van der Waals surface area contributed by atoms with Gasteiger partial charge in [0, 0.05) is 0 Å². The van der Waals surface area contributed by atoms with Crippen molar-refractivity contribution in [2.24, 2.45) is 29.3 Å². The van der Waals surface area contributed by atoms with Crippen LogP contribution in [0.2, 0.25) is 0 Å². The molecule has 1 aromatic rings. The first-order valence-electron chi connectivity index (χ1n) is 10.2. The van der Waals surface area contributed by atoms with Crippen molar-refractivity contribution in [2.45, 2.75) is 53.1 Å². The molecule has 0 unspecified atom stereocenters. The van der Waals surface area contributed by atoms with Gasteiger partial charge in [0.25, 0.3) is 5.91 Å². The Morgan fingerprint density at radius 2 is 1.70 bits per heavy atom. The molecule has 30 heavy (non-hydrogen) atoms. The number of hydrazine groups is 1. The number of hydrogen-bond acceptors (Lipinski definition) is 6. The van der Waals surface area contributed by atoms with Gasteiger partial charge in [0.15, 0.2) is 0 Å². The summed E-state index contributed by atoms with van der Waals surface area (Å²) in [5.41, 5.74) is 5.62. The lowest BCUT2D eigenvalue weighted by Gasteiger charge is -2.30. The van der Waals surface area contributed by atoms with E-state index in [1.165, 1.54) is 0 Å². The van der Waals surface area contributed by atoms with Crippen LogP contribution in [-0.2, 0) is 19.1 Å². The summed E-state index contributed by atoms with van der Waals surface area (Å²) in [5.74, 6) is 2.42. The zero-order chi connectivity index (χ0) is 22.9. The number of benzene rings is 1. The van der Waals surface area contributed by atoms with Crippen LogP contribution < -0.4 is 11.6 Å². The molecule has 0 aliphatic carbocycles. The highest BCUT2D eigenvalue weighted by molar-refractivity contribution is 5.98. The van der Waals surface area contributed by atoms with E-state index >= 15 is 0 Å². The van der Waals surface area contributed by atoms with E-state index in [1.54, 1.807) is 20.8 Å². The third kappa shape index (κ3) is 8.47. The summed E-state index contributed by atoms with van der Waals surface area (Å²) in [5, 5.41) is 0.533. The molecule has 0 radical (unpaired) electrons.